The smallest absolute Gasteiger partial charge is 0.270 e. The molecule has 1 rings (SSSR count). The second kappa shape index (κ2) is 6.99. The van der Waals surface area contributed by atoms with Crippen molar-refractivity contribution in [1.29, 1.82) is 0 Å². The first kappa shape index (κ1) is 16.9. The number of amides is 1. The van der Waals surface area contributed by atoms with Crippen LogP contribution < -0.4 is 15.8 Å². The highest BCUT2D eigenvalue weighted by Crippen LogP contribution is 2.26. The number of nitrogens with zero attached hydrogens (tertiary/aromatic N) is 1. The van der Waals surface area contributed by atoms with Crippen LogP contribution in [0.4, 0.5) is 11.4 Å². The highest BCUT2D eigenvalue weighted by Gasteiger charge is 2.22. The van der Waals surface area contributed by atoms with E-state index in [4.69, 9.17) is 5.73 Å². The molecular formula is C11H16N4O5S. The zero-order valence-electron chi connectivity index (χ0n) is 11.3. The van der Waals surface area contributed by atoms with Gasteiger partial charge < -0.3 is 11.1 Å². The quantitative estimate of drug-likeness (QED) is 0.461. The summed E-state index contributed by atoms with van der Waals surface area (Å²) in [6.45, 7) is 1.80. The van der Waals surface area contributed by atoms with Crippen LogP contribution in [0.1, 0.15) is 13.3 Å². The van der Waals surface area contributed by atoms with E-state index in [1.54, 1.807) is 0 Å². The molecule has 0 aliphatic rings. The van der Waals surface area contributed by atoms with Crippen LogP contribution >= 0.6 is 0 Å². The van der Waals surface area contributed by atoms with E-state index in [0.29, 0.717) is 6.54 Å². The van der Waals surface area contributed by atoms with Crippen molar-refractivity contribution in [2.24, 2.45) is 5.73 Å². The third-order valence-electron chi connectivity index (χ3n) is 2.47. The van der Waals surface area contributed by atoms with Crippen LogP contribution in [0.3, 0.4) is 0 Å². The monoisotopic (exact) mass is 316 g/mol. The van der Waals surface area contributed by atoms with Crippen molar-refractivity contribution in [3.63, 3.8) is 0 Å². The third kappa shape index (κ3) is 4.68. The first-order chi connectivity index (χ1) is 9.77. The standard InChI is InChI=1S/C11H16N4O5S/c1-2-5-13-9-4-3-8(15(17)18)6-10(9)21(19,20)14-7-11(12)16/h3-4,6,13-14H,2,5,7H2,1H3,(H2,12,16). The van der Waals surface area contributed by atoms with Gasteiger partial charge in [0.1, 0.15) is 4.90 Å². The number of sulfonamides is 1. The van der Waals surface area contributed by atoms with Gasteiger partial charge >= 0.3 is 0 Å². The predicted molar refractivity (Wildman–Crippen MR) is 76.3 cm³/mol. The van der Waals surface area contributed by atoms with Crippen LogP contribution in [0.15, 0.2) is 23.1 Å². The fourth-order valence-corrected chi connectivity index (χ4v) is 2.69. The molecule has 0 unspecified atom stereocenters. The molecule has 0 spiro atoms. The number of nitro groups is 1. The highest BCUT2D eigenvalue weighted by atomic mass is 32.2. The number of hydrogen-bond donors (Lipinski definition) is 3. The van der Waals surface area contributed by atoms with E-state index in [1.807, 2.05) is 11.6 Å². The Morgan fingerprint density at radius 1 is 1.43 bits per heavy atom. The maximum absolute atomic E-state index is 12.1. The molecule has 9 nitrogen and oxygen atoms in total. The van der Waals surface area contributed by atoms with Gasteiger partial charge in [-0.1, -0.05) is 6.92 Å². The van der Waals surface area contributed by atoms with E-state index < -0.39 is 27.4 Å². The molecular weight excluding hydrogens is 300 g/mol. The van der Waals surface area contributed by atoms with Gasteiger partial charge in [0.05, 0.1) is 17.2 Å². The summed E-state index contributed by atoms with van der Waals surface area (Å²) in [4.78, 5) is 20.5. The minimum Gasteiger partial charge on any atom is -0.384 e. The fraction of sp³-hybridized carbons (Fsp3) is 0.364. The van der Waals surface area contributed by atoms with Gasteiger partial charge in [-0.25, -0.2) is 13.1 Å². The van der Waals surface area contributed by atoms with Crippen LogP contribution in [0, 0.1) is 10.1 Å². The van der Waals surface area contributed by atoms with E-state index in [0.717, 1.165) is 12.5 Å². The number of benzene rings is 1. The average Bonchev–Trinajstić information content (AvgIpc) is 2.42. The Bertz CT molecular complexity index is 644. The first-order valence-corrected chi connectivity index (χ1v) is 7.56. The molecule has 0 radical (unpaired) electrons. The second-order valence-electron chi connectivity index (χ2n) is 4.16. The lowest BCUT2D eigenvalue weighted by Crippen LogP contribution is -2.33. The molecule has 1 aromatic carbocycles. The molecule has 4 N–H and O–H groups in total. The number of nitrogens with one attached hydrogen (secondary N) is 2. The number of anilines is 1. The fourth-order valence-electron chi connectivity index (χ4n) is 1.50. The molecule has 10 heteroatoms. The van der Waals surface area contributed by atoms with Crippen molar-refractivity contribution in [2.75, 3.05) is 18.4 Å². The first-order valence-electron chi connectivity index (χ1n) is 6.08. The lowest BCUT2D eigenvalue weighted by molar-refractivity contribution is -0.385. The minimum atomic E-state index is -4.09. The van der Waals surface area contributed by atoms with Gasteiger partial charge in [-0.2, -0.15) is 0 Å². The van der Waals surface area contributed by atoms with E-state index in [-0.39, 0.29) is 16.3 Å². The Hall–Kier alpha value is -2.20. The number of rotatable bonds is 8. The van der Waals surface area contributed by atoms with Crippen LogP contribution in [-0.4, -0.2) is 32.3 Å². The van der Waals surface area contributed by atoms with E-state index in [1.165, 1.54) is 12.1 Å². The molecule has 0 heterocycles. The Morgan fingerprint density at radius 3 is 2.62 bits per heavy atom. The summed E-state index contributed by atoms with van der Waals surface area (Å²) in [6.07, 6.45) is 0.741. The van der Waals surface area contributed by atoms with Crippen LogP contribution in [0.2, 0.25) is 0 Å². The zero-order chi connectivity index (χ0) is 16.0. The SMILES string of the molecule is CCCNc1ccc([N+](=O)[O-])cc1S(=O)(=O)NCC(N)=O. The normalized spacial score (nSPS) is 11.1. The van der Waals surface area contributed by atoms with Gasteiger partial charge in [0.2, 0.25) is 15.9 Å². The summed E-state index contributed by atoms with van der Waals surface area (Å²) >= 11 is 0. The van der Waals surface area contributed by atoms with Crippen LogP contribution in [0.5, 0.6) is 0 Å². The van der Waals surface area contributed by atoms with Crippen molar-refractivity contribution < 1.29 is 18.1 Å². The molecule has 0 aromatic heterocycles. The number of carbonyl (C=O) groups excluding carboxylic acids is 1. The van der Waals surface area contributed by atoms with Gasteiger partial charge in [-0.05, 0) is 12.5 Å². The average molecular weight is 316 g/mol. The van der Waals surface area contributed by atoms with Gasteiger partial charge in [-0.3, -0.25) is 14.9 Å². The lowest BCUT2D eigenvalue weighted by atomic mass is 10.3. The number of non-ortho nitro benzene ring substituents is 1. The lowest BCUT2D eigenvalue weighted by Gasteiger charge is -2.12. The maximum atomic E-state index is 12.1. The number of primary amides is 1. The summed E-state index contributed by atoms with van der Waals surface area (Å²) in [5.74, 6) is -0.855. The molecule has 0 bridgehead atoms. The number of hydrogen-bond acceptors (Lipinski definition) is 6. The van der Waals surface area contributed by atoms with Crippen molar-refractivity contribution in [3.8, 4) is 0 Å². The van der Waals surface area contributed by atoms with Crippen LogP contribution in [0.25, 0.3) is 0 Å². The van der Waals surface area contributed by atoms with Crippen molar-refractivity contribution >= 4 is 27.3 Å². The molecule has 1 aromatic rings. The Morgan fingerprint density at radius 2 is 2.10 bits per heavy atom. The number of nitro benzene ring substituents is 1. The van der Waals surface area contributed by atoms with E-state index in [9.17, 15) is 23.3 Å². The molecule has 21 heavy (non-hydrogen) atoms. The van der Waals surface area contributed by atoms with Gasteiger partial charge in [0.25, 0.3) is 5.69 Å². The Labute approximate surface area is 121 Å². The molecule has 0 atom stereocenters. The van der Waals surface area contributed by atoms with Crippen molar-refractivity contribution in [2.45, 2.75) is 18.2 Å². The summed E-state index contributed by atoms with van der Waals surface area (Å²) in [5, 5.41) is 13.6. The molecule has 0 aliphatic heterocycles. The topological polar surface area (TPSA) is 144 Å². The minimum absolute atomic E-state index is 0.222. The van der Waals surface area contributed by atoms with Gasteiger partial charge in [-0.15, -0.1) is 0 Å². The second-order valence-corrected chi connectivity index (χ2v) is 5.89. The molecule has 0 saturated heterocycles. The highest BCUT2D eigenvalue weighted by molar-refractivity contribution is 7.89. The molecule has 0 saturated carbocycles. The molecule has 0 aliphatic carbocycles. The summed E-state index contributed by atoms with van der Waals surface area (Å²) in [6, 6.07) is 3.44. The molecule has 116 valence electrons. The predicted octanol–water partition coefficient (Wildman–Crippen LogP) is 0.180. The maximum Gasteiger partial charge on any atom is 0.270 e. The summed E-state index contributed by atoms with van der Waals surface area (Å²) < 4.78 is 26.2. The summed E-state index contributed by atoms with van der Waals surface area (Å²) in [5.41, 5.74) is 4.74. The summed E-state index contributed by atoms with van der Waals surface area (Å²) in [7, 11) is -4.09. The van der Waals surface area contributed by atoms with E-state index >= 15 is 0 Å². The largest absolute Gasteiger partial charge is 0.384 e. The molecule has 1 amide bonds. The Kier molecular flexibility index (Phi) is 5.61. The third-order valence-corrected chi connectivity index (χ3v) is 3.91. The number of nitrogens with two attached hydrogens (primary N) is 1. The van der Waals surface area contributed by atoms with Crippen LogP contribution in [-0.2, 0) is 14.8 Å². The number of carbonyl (C=O) groups is 1. The van der Waals surface area contributed by atoms with Crippen molar-refractivity contribution in [1.82, 2.24) is 4.72 Å². The van der Waals surface area contributed by atoms with Gasteiger partial charge in [0, 0.05) is 18.7 Å². The van der Waals surface area contributed by atoms with E-state index in [2.05, 4.69) is 5.32 Å². The molecule has 0 fully saturated rings. The zero-order valence-corrected chi connectivity index (χ0v) is 12.1. The van der Waals surface area contributed by atoms with Gasteiger partial charge in [0.15, 0.2) is 0 Å². The van der Waals surface area contributed by atoms with Crippen molar-refractivity contribution in [3.05, 3.63) is 28.3 Å². The Balaban J connectivity index is 3.24.